The highest BCUT2D eigenvalue weighted by atomic mass is 19.1. The summed E-state index contributed by atoms with van der Waals surface area (Å²) in [7, 11) is 0. The zero-order valence-corrected chi connectivity index (χ0v) is 12.7. The van der Waals surface area contributed by atoms with Crippen molar-refractivity contribution in [3.8, 4) is 0 Å². The summed E-state index contributed by atoms with van der Waals surface area (Å²) in [6, 6.07) is 6.10. The van der Waals surface area contributed by atoms with Crippen molar-refractivity contribution < 1.29 is 4.39 Å². The number of hydrogen-bond donors (Lipinski definition) is 1. The Hall–Kier alpha value is -1.09. The zero-order chi connectivity index (χ0) is 14.5. The van der Waals surface area contributed by atoms with Crippen LogP contribution in [-0.2, 0) is 6.42 Å². The van der Waals surface area contributed by atoms with E-state index in [1.807, 2.05) is 6.07 Å². The molecule has 1 aliphatic rings. The molecule has 2 N–H and O–H groups in total. The summed E-state index contributed by atoms with van der Waals surface area (Å²) >= 11 is 0. The topological polar surface area (TPSA) is 29.3 Å². The summed E-state index contributed by atoms with van der Waals surface area (Å²) < 4.78 is 14.2. The third kappa shape index (κ3) is 3.72. The van der Waals surface area contributed by atoms with Gasteiger partial charge in [0.25, 0.3) is 0 Å². The molecule has 0 aromatic heterocycles. The molecule has 0 aliphatic heterocycles. The summed E-state index contributed by atoms with van der Waals surface area (Å²) in [5, 5.41) is 0. The Morgan fingerprint density at radius 2 is 2.10 bits per heavy atom. The summed E-state index contributed by atoms with van der Waals surface area (Å²) in [6.07, 6.45) is 6.31. The van der Waals surface area contributed by atoms with E-state index in [-0.39, 0.29) is 11.9 Å². The van der Waals surface area contributed by atoms with Crippen molar-refractivity contribution in [1.29, 1.82) is 0 Å². The van der Waals surface area contributed by atoms with E-state index in [1.54, 1.807) is 6.07 Å². The second-order valence-electron chi connectivity index (χ2n) is 5.89. The molecule has 0 saturated heterocycles. The van der Waals surface area contributed by atoms with Crippen LogP contribution < -0.4 is 10.6 Å². The van der Waals surface area contributed by atoms with E-state index in [4.69, 9.17) is 5.73 Å². The Labute approximate surface area is 122 Å². The van der Waals surface area contributed by atoms with Gasteiger partial charge < -0.3 is 10.6 Å². The van der Waals surface area contributed by atoms with Gasteiger partial charge in [0.15, 0.2) is 0 Å². The third-order valence-corrected chi connectivity index (χ3v) is 4.13. The van der Waals surface area contributed by atoms with Crippen molar-refractivity contribution >= 4 is 5.69 Å². The van der Waals surface area contributed by atoms with Gasteiger partial charge in [-0.2, -0.15) is 0 Å². The quantitative estimate of drug-likeness (QED) is 0.782. The molecule has 1 fully saturated rings. The Bertz CT molecular complexity index is 429. The van der Waals surface area contributed by atoms with Crippen molar-refractivity contribution in [3.63, 3.8) is 0 Å². The van der Waals surface area contributed by atoms with E-state index in [0.717, 1.165) is 30.6 Å². The first-order valence-corrected chi connectivity index (χ1v) is 7.97. The molecular weight excluding hydrogens is 251 g/mol. The number of rotatable bonds is 8. The minimum absolute atomic E-state index is 0.0397. The SMILES string of the molecule is CCCCN(c1cccc(F)c1CC(N)CC)C1CC1. The first kappa shape index (κ1) is 15.3. The molecule has 2 nitrogen and oxygen atoms in total. The van der Waals surface area contributed by atoms with E-state index >= 15 is 0 Å². The maximum Gasteiger partial charge on any atom is 0.128 e. The fourth-order valence-electron chi connectivity index (χ4n) is 2.64. The van der Waals surface area contributed by atoms with Crippen LogP contribution >= 0.6 is 0 Å². The van der Waals surface area contributed by atoms with E-state index in [9.17, 15) is 4.39 Å². The van der Waals surface area contributed by atoms with Crippen molar-refractivity contribution in [1.82, 2.24) is 0 Å². The molecular formula is C17H27FN2. The van der Waals surface area contributed by atoms with Gasteiger partial charge in [0, 0.05) is 29.9 Å². The molecule has 1 unspecified atom stereocenters. The molecule has 0 amide bonds. The molecule has 1 aromatic rings. The predicted octanol–water partition coefficient (Wildman–Crippen LogP) is 3.87. The van der Waals surface area contributed by atoms with Crippen LogP contribution in [0.1, 0.15) is 51.5 Å². The predicted molar refractivity (Wildman–Crippen MR) is 83.6 cm³/mol. The molecule has 0 spiro atoms. The number of anilines is 1. The molecule has 0 radical (unpaired) electrons. The molecule has 1 saturated carbocycles. The van der Waals surface area contributed by atoms with E-state index < -0.39 is 0 Å². The number of unbranched alkanes of at least 4 members (excludes halogenated alkanes) is 1. The van der Waals surface area contributed by atoms with Gasteiger partial charge in [-0.3, -0.25) is 0 Å². The van der Waals surface area contributed by atoms with Crippen molar-refractivity contribution in [2.45, 2.75) is 64.5 Å². The lowest BCUT2D eigenvalue weighted by molar-refractivity contribution is 0.575. The molecule has 1 atom stereocenters. The van der Waals surface area contributed by atoms with Crippen LogP contribution in [0.2, 0.25) is 0 Å². The van der Waals surface area contributed by atoms with Crippen molar-refractivity contribution in [2.75, 3.05) is 11.4 Å². The van der Waals surface area contributed by atoms with Gasteiger partial charge in [0.2, 0.25) is 0 Å². The number of nitrogens with two attached hydrogens (primary N) is 1. The maximum absolute atomic E-state index is 14.2. The number of nitrogens with zero attached hydrogens (tertiary/aromatic N) is 1. The van der Waals surface area contributed by atoms with Crippen LogP contribution in [0, 0.1) is 5.82 Å². The average Bonchev–Trinajstić information content (AvgIpc) is 3.27. The lowest BCUT2D eigenvalue weighted by Crippen LogP contribution is -2.30. The fourth-order valence-corrected chi connectivity index (χ4v) is 2.64. The Kier molecular flexibility index (Phi) is 5.41. The van der Waals surface area contributed by atoms with Crippen LogP contribution in [-0.4, -0.2) is 18.6 Å². The minimum Gasteiger partial charge on any atom is -0.368 e. The molecule has 0 heterocycles. The first-order valence-electron chi connectivity index (χ1n) is 7.97. The van der Waals surface area contributed by atoms with Crippen molar-refractivity contribution in [2.24, 2.45) is 5.73 Å². The summed E-state index contributed by atoms with van der Waals surface area (Å²) in [6.45, 7) is 5.28. The molecule has 0 bridgehead atoms. The van der Waals surface area contributed by atoms with E-state index in [1.165, 1.54) is 19.3 Å². The molecule has 2 rings (SSSR count). The Morgan fingerprint density at radius 1 is 1.35 bits per heavy atom. The molecule has 112 valence electrons. The van der Waals surface area contributed by atoms with Gasteiger partial charge in [-0.05, 0) is 44.2 Å². The van der Waals surface area contributed by atoms with Gasteiger partial charge in [-0.25, -0.2) is 4.39 Å². The Morgan fingerprint density at radius 3 is 2.70 bits per heavy atom. The lowest BCUT2D eigenvalue weighted by atomic mass is 10.0. The molecule has 3 heteroatoms. The molecule has 1 aliphatic carbocycles. The molecule has 1 aromatic carbocycles. The summed E-state index contributed by atoms with van der Waals surface area (Å²) in [5.41, 5.74) is 7.93. The monoisotopic (exact) mass is 278 g/mol. The standard InChI is InChI=1S/C17H27FN2/c1-3-5-11-20(14-9-10-14)17-8-6-7-16(18)15(17)12-13(19)4-2/h6-8,13-14H,3-5,9-12,19H2,1-2H3. The third-order valence-electron chi connectivity index (χ3n) is 4.13. The first-order chi connectivity index (χ1) is 9.67. The smallest absolute Gasteiger partial charge is 0.128 e. The summed E-state index contributed by atoms with van der Waals surface area (Å²) in [5.74, 6) is -0.103. The highest BCUT2D eigenvalue weighted by Gasteiger charge is 2.30. The number of hydrogen-bond acceptors (Lipinski definition) is 2. The number of halogens is 1. The zero-order valence-electron chi connectivity index (χ0n) is 12.7. The van der Waals surface area contributed by atoms with E-state index in [2.05, 4.69) is 24.8 Å². The highest BCUT2D eigenvalue weighted by molar-refractivity contribution is 5.56. The van der Waals surface area contributed by atoms with Crippen LogP contribution in [0.3, 0.4) is 0 Å². The lowest BCUT2D eigenvalue weighted by Gasteiger charge is -2.28. The minimum atomic E-state index is -0.103. The largest absolute Gasteiger partial charge is 0.368 e. The highest BCUT2D eigenvalue weighted by Crippen LogP contribution is 2.35. The average molecular weight is 278 g/mol. The van der Waals surface area contributed by atoms with Gasteiger partial charge in [0.05, 0.1) is 0 Å². The summed E-state index contributed by atoms with van der Waals surface area (Å²) in [4.78, 5) is 2.41. The van der Waals surface area contributed by atoms with Crippen LogP contribution in [0.15, 0.2) is 18.2 Å². The van der Waals surface area contributed by atoms with Crippen molar-refractivity contribution in [3.05, 3.63) is 29.6 Å². The fraction of sp³-hybridized carbons (Fsp3) is 0.647. The van der Waals surface area contributed by atoms with Crippen LogP contribution in [0.5, 0.6) is 0 Å². The normalized spacial score (nSPS) is 16.2. The second kappa shape index (κ2) is 7.07. The van der Waals surface area contributed by atoms with Gasteiger partial charge >= 0.3 is 0 Å². The van der Waals surface area contributed by atoms with Gasteiger partial charge in [-0.15, -0.1) is 0 Å². The van der Waals surface area contributed by atoms with Crippen LogP contribution in [0.4, 0.5) is 10.1 Å². The maximum atomic E-state index is 14.2. The van der Waals surface area contributed by atoms with Gasteiger partial charge in [0.1, 0.15) is 5.82 Å². The number of benzene rings is 1. The second-order valence-corrected chi connectivity index (χ2v) is 5.89. The van der Waals surface area contributed by atoms with E-state index in [0.29, 0.717) is 12.5 Å². The van der Waals surface area contributed by atoms with Gasteiger partial charge in [-0.1, -0.05) is 26.3 Å². The molecule has 20 heavy (non-hydrogen) atoms. The van der Waals surface area contributed by atoms with Crippen LogP contribution in [0.25, 0.3) is 0 Å². The Balaban J connectivity index is 2.25.